The molecule has 3 aromatic rings. The number of aromatic amines is 1. The molecule has 0 aliphatic carbocycles. The van der Waals surface area contributed by atoms with E-state index in [1.54, 1.807) is 12.1 Å². The normalized spacial score (nSPS) is 11.7. The third-order valence-corrected chi connectivity index (χ3v) is 3.51. The van der Waals surface area contributed by atoms with Crippen molar-refractivity contribution in [3.63, 3.8) is 0 Å². The first-order valence-electron chi connectivity index (χ1n) is 6.47. The minimum Gasteiger partial charge on any atom is -0.355 e. The Kier molecular flexibility index (Phi) is 3.73. The lowest BCUT2D eigenvalue weighted by Gasteiger charge is -2.11. The van der Waals surface area contributed by atoms with Crippen LogP contribution in [-0.2, 0) is 6.18 Å². The second kappa shape index (κ2) is 5.58. The van der Waals surface area contributed by atoms with E-state index in [1.165, 1.54) is 18.2 Å². The second-order valence-corrected chi connectivity index (χ2v) is 5.17. The number of fused-ring (bicyclic) bond motifs is 1. The number of aromatic nitrogens is 2. The molecule has 0 amide bonds. The van der Waals surface area contributed by atoms with Gasteiger partial charge in [0.25, 0.3) is 5.56 Å². The number of benzene rings is 2. The molecule has 1 heterocycles. The molecule has 1 aromatic heterocycles. The summed E-state index contributed by atoms with van der Waals surface area (Å²) in [5.74, 6) is 0. The highest BCUT2D eigenvalue weighted by Gasteiger charge is 2.30. The largest absolute Gasteiger partial charge is 0.416 e. The van der Waals surface area contributed by atoms with Crippen LogP contribution in [0, 0.1) is 0 Å². The van der Waals surface area contributed by atoms with Crippen molar-refractivity contribution in [2.24, 2.45) is 0 Å². The molecular formula is C15H9ClF3N3O. The van der Waals surface area contributed by atoms with E-state index < -0.39 is 17.3 Å². The highest BCUT2D eigenvalue weighted by atomic mass is 35.5. The summed E-state index contributed by atoms with van der Waals surface area (Å²) in [5.41, 5.74) is -0.467. The van der Waals surface area contributed by atoms with Gasteiger partial charge >= 0.3 is 6.18 Å². The molecule has 0 fully saturated rings. The number of alkyl halides is 3. The van der Waals surface area contributed by atoms with E-state index >= 15 is 0 Å². The van der Waals surface area contributed by atoms with Crippen molar-refractivity contribution < 1.29 is 13.2 Å². The van der Waals surface area contributed by atoms with Crippen LogP contribution in [0.25, 0.3) is 10.8 Å². The molecule has 4 nitrogen and oxygen atoms in total. The highest BCUT2D eigenvalue weighted by Crippen LogP contribution is 2.31. The molecular weight excluding hydrogens is 331 g/mol. The molecule has 3 rings (SSSR count). The molecule has 0 radical (unpaired) electrons. The van der Waals surface area contributed by atoms with E-state index in [-0.39, 0.29) is 10.8 Å². The molecule has 0 aliphatic heterocycles. The number of rotatable bonds is 2. The van der Waals surface area contributed by atoms with Crippen molar-refractivity contribution in [2.75, 3.05) is 5.32 Å². The van der Waals surface area contributed by atoms with E-state index in [9.17, 15) is 18.0 Å². The molecule has 0 spiro atoms. The van der Waals surface area contributed by atoms with Gasteiger partial charge in [-0.1, -0.05) is 17.7 Å². The van der Waals surface area contributed by atoms with Crippen LogP contribution in [0.4, 0.5) is 24.5 Å². The Morgan fingerprint density at radius 1 is 1.04 bits per heavy atom. The number of hydrogen-bond donors (Lipinski definition) is 2. The summed E-state index contributed by atoms with van der Waals surface area (Å²) in [4.78, 5) is 11.8. The summed E-state index contributed by atoms with van der Waals surface area (Å²) in [7, 11) is 0. The Bertz CT molecular complexity index is 937. The topological polar surface area (TPSA) is 57.8 Å². The van der Waals surface area contributed by atoms with Crippen molar-refractivity contribution in [3.05, 3.63) is 63.5 Å². The van der Waals surface area contributed by atoms with Crippen LogP contribution < -0.4 is 10.9 Å². The van der Waals surface area contributed by atoms with Gasteiger partial charge in [0.1, 0.15) is 0 Å². The smallest absolute Gasteiger partial charge is 0.355 e. The number of halogens is 4. The SMILES string of the molecule is O=c1[nH]nc(Cl)c2ccc(Nc3cccc(C(F)(F)F)c3)cc12. The van der Waals surface area contributed by atoms with Gasteiger partial charge in [0, 0.05) is 16.8 Å². The van der Waals surface area contributed by atoms with Gasteiger partial charge in [-0.3, -0.25) is 4.79 Å². The number of anilines is 2. The minimum absolute atomic E-state index is 0.144. The van der Waals surface area contributed by atoms with Crippen LogP contribution in [0.2, 0.25) is 5.15 Å². The maximum Gasteiger partial charge on any atom is 0.416 e. The fourth-order valence-electron chi connectivity index (χ4n) is 2.15. The molecule has 23 heavy (non-hydrogen) atoms. The Morgan fingerprint density at radius 2 is 1.78 bits per heavy atom. The number of H-pyrrole nitrogens is 1. The zero-order valence-electron chi connectivity index (χ0n) is 11.4. The van der Waals surface area contributed by atoms with E-state index in [0.29, 0.717) is 16.5 Å². The average Bonchev–Trinajstić information content (AvgIpc) is 2.51. The maximum absolute atomic E-state index is 12.7. The Balaban J connectivity index is 1.99. The first-order chi connectivity index (χ1) is 10.8. The van der Waals surface area contributed by atoms with Gasteiger partial charge in [-0.05, 0) is 36.4 Å². The molecule has 8 heteroatoms. The fourth-order valence-corrected chi connectivity index (χ4v) is 2.36. The first-order valence-corrected chi connectivity index (χ1v) is 6.84. The molecule has 0 saturated heterocycles. The van der Waals surface area contributed by atoms with E-state index in [1.807, 2.05) is 0 Å². The van der Waals surface area contributed by atoms with Gasteiger partial charge in [0.2, 0.25) is 0 Å². The van der Waals surface area contributed by atoms with Gasteiger partial charge in [0.15, 0.2) is 5.15 Å². The molecule has 0 bridgehead atoms. The summed E-state index contributed by atoms with van der Waals surface area (Å²) in [5, 5.41) is 9.63. The summed E-state index contributed by atoms with van der Waals surface area (Å²) in [6, 6.07) is 9.48. The molecule has 0 aliphatic rings. The lowest BCUT2D eigenvalue weighted by molar-refractivity contribution is -0.137. The van der Waals surface area contributed by atoms with Crippen LogP contribution in [0.15, 0.2) is 47.3 Å². The Hall–Kier alpha value is -2.54. The van der Waals surface area contributed by atoms with Crippen LogP contribution in [0.1, 0.15) is 5.56 Å². The van der Waals surface area contributed by atoms with E-state index in [0.717, 1.165) is 12.1 Å². The van der Waals surface area contributed by atoms with Gasteiger partial charge in [0.05, 0.1) is 10.9 Å². The Morgan fingerprint density at radius 3 is 2.52 bits per heavy atom. The van der Waals surface area contributed by atoms with E-state index in [2.05, 4.69) is 15.5 Å². The van der Waals surface area contributed by atoms with Gasteiger partial charge in [-0.2, -0.15) is 18.3 Å². The fraction of sp³-hybridized carbons (Fsp3) is 0.0667. The zero-order valence-corrected chi connectivity index (χ0v) is 12.2. The highest BCUT2D eigenvalue weighted by molar-refractivity contribution is 6.34. The van der Waals surface area contributed by atoms with Gasteiger partial charge in [-0.25, -0.2) is 5.10 Å². The number of nitrogens with one attached hydrogen (secondary N) is 2. The summed E-state index contributed by atoms with van der Waals surface area (Å²) >= 11 is 5.89. The quantitative estimate of drug-likeness (QED) is 0.730. The van der Waals surface area contributed by atoms with Gasteiger partial charge < -0.3 is 5.32 Å². The Labute approximate surface area is 132 Å². The molecule has 2 aromatic carbocycles. The summed E-state index contributed by atoms with van der Waals surface area (Å²) in [6.07, 6.45) is -4.42. The van der Waals surface area contributed by atoms with Gasteiger partial charge in [-0.15, -0.1) is 0 Å². The monoisotopic (exact) mass is 339 g/mol. The predicted octanol–water partition coefficient (Wildman–Crippen LogP) is 4.34. The van der Waals surface area contributed by atoms with Crippen LogP contribution in [-0.4, -0.2) is 10.2 Å². The van der Waals surface area contributed by atoms with Crippen LogP contribution >= 0.6 is 11.6 Å². The van der Waals surface area contributed by atoms with Crippen molar-refractivity contribution in [2.45, 2.75) is 6.18 Å². The minimum atomic E-state index is -4.42. The third-order valence-electron chi connectivity index (χ3n) is 3.22. The second-order valence-electron chi connectivity index (χ2n) is 4.81. The van der Waals surface area contributed by atoms with Crippen molar-refractivity contribution >= 4 is 33.7 Å². The van der Waals surface area contributed by atoms with E-state index in [4.69, 9.17) is 11.6 Å². The summed E-state index contributed by atoms with van der Waals surface area (Å²) < 4.78 is 38.2. The lowest BCUT2D eigenvalue weighted by Crippen LogP contribution is -2.08. The van der Waals surface area contributed by atoms with Crippen LogP contribution in [0.3, 0.4) is 0 Å². The molecule has 0 saturated carbocycles. The average molecular weight is 340 g/mol. The van der Waals surface area contributed by atoms with Crippen molar-refractivity contribution in [1.82, 2.24) is 10.2 Å². The number of hydrogen-bond acceptors (Lipinski definition) is 3. The third kappa shape index (κ3) is 3.14. The zero-order chi connectivity index (χ0) is 16.6. The predicted molar refractivity (Wildman–Crippen MR) is 82.1 cm³/mol. The van der Waals surface area contributed by atoms with Crippen molar-refractivity contribution in [3.8, 4) is 0 Å². The molecule has 2 N–H and O–H groups in total. The number of nitrogens with zero attached hydrogens (tertiary/aromatic N) is 1. The van der Waals surface area contributed by atoms with Crippen LogP contribution in [0.5, 0.6) is 0 Å². The molecule has 118 valence electrons. The molecule has 0 atom stereocenters. The first kappa shape index (κ1) is 15.4. The standard InChI is InChI=1S/C15H9ClF3N3O/c16-13-11-5-4-10(7-12(11)14(23)22-21-13)20-9-3-1-2-8(6-9)15(17,18)19/h1-7,20H,(H,22,23). The lowest BCUT2D eigenvalue weighted by atomic mass is 10.1. The maximum atomic E-state index is 12.7. The molecule has 0 unspecified atom stereocenters. The van der Waals surface area contributed by atoms with Crippen molar-refractivity contribution in [1.29, 1.82) is 0 Å². The summed E-state index contributed by atoms with van der Waals surface area (Å²) in [6.45, 7) is 0.